The minimum absolute atomic E-state index is 0.140. The first-order chi connectivity index (χ1) is 7.50. The minimum Gasteiger partial charge on any atom is -0.480 e. The summed E-state index contributed by atoms with van der Waals surface area (Å²) in [6, 6.07) is 3.30. The Morgan fingerprint density at radius 1 is 1.31 bits per heavy atom. The van der Waals surface area contributed by atoms with Crippen molar-refractivity contribution in [3.8, 4) is 0 Å². The molecular formula is C11H15Cl2NO2. The standard InChI is InChI=1S/C9H9Cl2NO2.C2H6/c1-5-2-6(10)7(11)3-8(5)12-4-9(13)14;1-2/h2-3,12H,4H2,1H3,(H,13,14);1-2H3. The van der Waals surface area contributed by atoms with Crippen molar-refractivity contribution in [3.63, 3.8) is 0 Å². The van der Waals surface area contributed by atoms with Gasteiger partial charge in [-0.05, 0) is 24.6 Å². The maximum atomic E-state index is 10.3. The second kappa shape index (κ2) is 7.36. The average Bonchev–Trinajstić information content (AvgIpc) is 2.24. The van der Waals surface area contributed by atoms with Crippen LogP contribution in [-0.4, -0.2) is 17.6 Å². The zero-order chi connectivity index (χ0) is 12.7. The predicted molar refractivity (Wildman–Crippen MR) is 68.7 cm³/mol. The van der Waals surface area contributed by atoms with E-state index in [2.05, 4.69) is 5.32 Å². The first-order valence-corrected chi connectivity index (χ1v) is 5.67. The number of carboxylic acids is 1. The van der Waals surface area contributed by atoms with Crippen LogP contribution in [0, 0.1) is 6.92 Å². The third-order valence-electron chi connectivity index (χ3n) is 1.70. The SMILES string of the molecule is CC.Cc1cc(Cl)c(Cl)cc1NCC(=O)O. The average molecular weight is 264 g/mol. The Kier molecular flexibility index (Phi) is 6.93. The first kappa shape index (κ1) is 15.1. The summed E-state index contributed by atoms with van der Waals surface area (Å²) in [5.74, 6) is -0.921. The molecule has 0 aliphatic heterocycles. The summed E-state index contributed by atoms with van der Waals surface area (Å²) in [6.45, 7) is 5.69. The molecular weight excluding hydrogens is 249 g/mol. The van der Waals surface area contributed by atoms with Crippen molar-refractivity contribution in [2.45, 2.75) is 20.8 Å². The van der Waals surface area contributed by atoms with Gasteiger partial charge in [-0.2, -0.15) is 0 Å². The van der Waals surface area contributed by atoms with E-state index in [-0.39, 0.29) is 6.54 Å². The molecule has 0 bridgehead atoms. The van der Waals surface area contributed by atoms with Crippen LogP contribution in [0.2, 0.25) is 10.0 Å². The van der Waals surface area contributed by atoms with Crippen LogP contribution in [0.25, 0.3) is 0 Å². The van der Waals surface area contributed by atoms with E-state index in [0.717, 1.165) is 5.56 Å². The molecule has 2 N–H and O–H groups in total. The van der Waals surface area contributed by atoms with Crippen LogP contribution >= 0.6 is 23.2 Å². The van der Waals surface area contributed by atoms with E-state index in [1.54, 1.807) is 12.1 Å². The van der Waals surface area contributed by atoms with Crippen molar-refractivity contribution in [1.29, 1.82) is 0 Å². The summed E-state index contributed by atoms with van der Waals surface area (Å²) < 4.78 is 0. The number of hydrogen-bond acceptors (Lipinski definition) is 2. The van der Waals surface area contributed by atoms with E-state index < -0.39 is 5.97 Å². The highest BCUT2D eigenvalue weighted by Crippen LogP contribution is 2.28. The van der Waals surface area contributed by atoms with Crippen molar-refractivity contribution >= 4 is 34.9 Å². The number of rotatable bonds is 3. The lowest BCUT2D eigenvalue weighted by atomic mass is 10.2. The van der Waals surface area contributed by atoms with Crippen molar-refractivity contribution in [2.24, 2.45) is 0 Å². The van der Waals surface area contributed by atoms with Gasteiger partial charge < -0.3 is 10.4 Å². The number of benzene rings is 1. The van der Waals surface area contributed by atoms with Crippen LogP contribution in [0.3, 0.4) is 0 Å². The molecule has 0 fully saturated rings. The van der Waals surface area contributed by atoms with Crippen LogP contribution in [0.5, 0.6) is 0 Å². The van der Waals surface area contributed by atoms with Gasteiger partial charge in [0.05, 0.1) is 10.0 Å². The summed E-state index contributed by atoms with van der Waals surface area (Å²) in [4.78, 5) is 10.3. The monoisotopic (exact) mass is 263 g/mol. The highest BCUT2D eigenvalue weighted by atomic mass is 35.5. The van der Waals surface area contributed by atoms with E-state index >= 15 is 0 Å². The fourth-order valence-electron chi connectivity index (χ4n) is 1.01. The van der Waals surface area contributed by atoms with Crippen LogP contribution < -0.4 is 5.32 Å². The zero-order valence-corrected chi connectivity index (χ0v) is 11.0. The van der Waals surface area contributed by atoms with Gasteiger partial charge in [-0.1, -0.05) is 37.0 Å². The summed E-state index contributed by atoms with van der Waals surface area (Å²) in [7, 11) is 0. The summed E-state index contributed by atoms with van der Waals surface area (Å²) in [6.07, 6.45) is 0. The van der Waals surface area contributed by atoms with Crippen molar-refractivity contribution < 1.29 is 9.90 Å². The predicted octanol–water partition coefficient (Wildman–Crippen LogP) is 3.82. The highest BCUT2D eigenvalue weighted by molar-refractivity contribution is 6.42. The lowest BCUT2D eigenvalue weighted by Gasteiger charge is -2.08. The molecule has 1 aromatic rings. The van der Waals surface area contributed by atoms with Gasteiger partial charge in [0.2, 0.25) is 0 Å². The Morgan fingerprint density at radius 2 is 1.81 bits per heavy atom. The number of aryl methyl sites for hydroxylation is 1. The number of hydrogen-bond donors (Lipinski definition) is 2. The van der Waals surface area contributed by atoms with Crippen LogP contribution in [-0.2, 0) is 4.79 Å². The topological polar surface area (TPSA) is 49.3 Å². The second-order valence-corrected chi connectivity index (χ2v) is 3.64. The lowest BCUT2D eigenvalue weighted by molar-refractivity contribution is -0.134. The van der Waals surface area contributed by atoms with Gasteiger partial charge in [0.25, 0.3) is 0 Å². The number of carboxylic acid groups (broad SMARTS) is 1. The van der Waals surface area contributed by atoms with Gasteiger partial charge in [0, 0.05) is 5.69 Å². The second-order valence-electron chi connectivity index (χ2n) is 2.83. The molecule has 0 unspecified atom stereocenters. The Labute approximate surface area is 105 Å². The van der Waals surface area contributed by atoms with E-state index in [0.29, 0.717) is 15.7 Å². The molecule has 5 heteroatoms. The Morgan fingerprint density at radius 3 is 2.31 bits per heavy atom. The molecule has 0 heterocycles. The molecule has 0 aliphatic rings. The Balaban J connectivity index is 0.00000106. The Bertz CT molecular complexity index is 367. The molecule has 1 rings (SSSR count). The summed E-state index contributed by atoms with van der Waals surface area (Å²) in [5.41, 5.74) is 1.54. The van der Waals surface area contributed by atoms with Crippen LogP contribution in [0.4, 0.5) is 5.69 Å². The zero-order valence-electron chi connectivity index (χ0n) is 9.47. The van der Waals surface area contributed by atoms with Gasteiger partial charge in [0.15, 0.2) is 0 Å². The number of anilines is 1. The summed E-state index contributed by atoms with van der Waals surface area (Å²) in [5, 5.41) is 12.1. The normalized spacial score (nSPS) is 9.06. The number of carbonyl (C=O) groups is 1. The van der Waals surface area contributed by atoms with Gasteiger partial charge in [-0.15, -0.1) is 0 Å². The molecule has 0 amide bonds. The number of halogens is 2. The van der Waals surface area contributed by atoms with Gasteiger partial charge >= 0.3 is 5.97 Å². The molecule has 0 saturated heterocycles. The highest BCUT2D eigenvalue weighted by Gasteiger charge is 2.05. The van der Waals surface area contributed by atoms with Crippen molar-refractivity contribution in [3.05, 3.63) is 27.7 Å². The van der Waals surface area contributed by atoms with E-state index in [9.17, 15) is 4.79 Å². The molecule has 16 heavy (non-hydrogen) atoms. The van der Waals surface area contributed by atoms with Gasteiger partial charge in [-0.3, -0.25) is 4.79 Å². The molecule has 0 saturated carbocycles. The molecule has 0 spiro atoms. The number of aliphatic carboxylic acids is 1. The fourth-order valence-corrected chi connectivity index (χ4v) is 1.39. The van der Waals surface area contributed by atoms with Crippen molar-refractivity contribution in [2.75, 3.05) is 11.9 Å². The van der Waals surface area contributed by atoms with Gasteiger partial charge in [0.1, 0.15) is 6.54 Å². The van der Waals surface area contributed by atoms with Crippen molar-refractivity contribution in [1.82, 2.24) is 0 Å². The molecule has 0 aromatic heterocycles. The summed E-state index contributed by atoms with van der Waals surface area (Å²) >= 11 is 11.6. The maximum Gasteiger partial charge on any atom is 0.322 e. The van der Waals surface area contributed by atoms with E-state index in [1.807, 2.05) is 20.8 Å². The smallest absolute Gasteiger partial charge is 0.322 e. The first-order valence-electron chi connectivity index (χ1n) is 4.92. The number of nitrogens with one attached hydrogen (secondary N) is 1. The molecule has 0 aliphatic carbocycles. The van der Waals surface area contributed by atoms with Crippen LogP contribution in [0.1, 0.15) is 19.4 Å². The largest absolute Gasteiger partial charge is 0.480 e. The molecule has 0 radical (unpaired) electrons. The van der Waals surface area contributed by atoms with Crippen LogP contribution in [0.15, 0.2) is 12.1 Å². The Hall–Kier alpha value is -0.930. The molecule has 3 nitrogen and oxygen atoms in total. The lowest BCUT2D eigenvalue weighted by Crippen LogP contribution is -2.12. The van der Waals surface area contributed by atoms with E-state index in [1.165, 1.54) is 0 Å². The molecule has 90 valence electrons. The maximum absolute atomic E-state index is 10.3. The quantitative estimate of drug-likeness (QED) is 0.872. The molecule has 0 atom stereocenters. The minimum atomic E-state index is -0.921. The van der Waals surface area contributed by atoms with E-state index in [4.69, 9.17) is 28.3 Å². The third-order valence-corrected chi connectivity index (χ3v) is 2.42. The van der Waals surface area contributed by atoms with Gasteiger partial charge in [-0.25, -0.2) is 0 Å². The fraction of sp³-hybridized carbons (Fsp3) is 0.364. The molecule has 1 aromatic carbocycles. The third kappa shape index (κ3) is 4.73.